The molecular formula is C9H14Br2O. The summed E-state index contributed by atoms with van der Waals surface area (Å²) < 4.78 is 5.15. The van der Waals surface area contributed by atoms with Crippen molar-refractivity contribution in [1.29, 1.82) is 0 Å². The molecule has 0 rings (SSSR count). The lowest BCUT2D eigenvalue weighted by Gasteiger charge is -2.14. The Morgan fingerprint density at radius 3 is 2.50 bits per heavy atom. The van der Waals surface area contributed by atoms with E-state index in [2.05, 4.69) is 43.7 Å². The summed E-state index contributed by atoms with van der Waals surface area (Å²) in [5.74, 6) is 6.13. The second kappa shape index (κ2) is 6.01. The smallest absolute Gasteiger partial charge is 0.122 e. The van der Waals surface area contributed by atoms with Gasteiger partial charge in [-0.05, 0) is 13.8 Å². The van der Waals surface area contributed by atoms with Crippen molar-refractivity contribution in [2.24, 2.45) is 0 Å². The fraction of sp³-hybridized carbons (Fsp3) is 0.778. The first-order valence-electron chi connectivity index (χ1n) is 3.77. The molecule has 0 saturated carbocycles. The van der Waals surface area contributed by atoms with Crippen LogP contribution >= 0.6 is 31.9 Å². The monoisotopic (exact) mass is 296 g/mol. The van der Waals surface area contributed by atoms with Gasteiger partial charge in [0.2, 0.25) is 0 Å². The third-order valence-corrected chi connectivity index (χ3v) is 3.69. The molecule has 0 saturated heterocycles. The van der Waals surface area contributed by atoms with E-state index in [1.807, 2.05) is 13.8 Å². The molecule has 0 amide bonds. The molecule has 1 atom stereocenters. The number of rotatable bonds is 3. The first-order chi connectivity index (χ1) is 5.52. The summed E-state index contributed by atoms with van der Waals surface area (Å²) in [5.41, 5.74) is -0.320. The highest BCUT2D eigenvalue weighted by Crippen LogP contribution is 2.09. The van der Waals surface area contributed by atoms with E-state index in [-0.39, 0.29) is 5.60 Å². The first-order valence-corrected chi connectivity index (χ1v) is 5.81. The molecule has 0 aliphatic heterocycles. The predicted octanol–water partition coefficient (Wildman–Crippen LogP) is 2.96. The van der Waals surface area contributed by atoms with Crippen molar-refractivity contribution in [1.82, 2.24) is 0 Å². The topological polar surface area (TPSA) is 9.23 Å². The maximum atomic E-state index is 5.15. The van der Waals surface area contributed by atoms with Crippen LogP contribution in [-0.4, -0.2) is 22.9 Å². The number of hydrogen-bond donors (Lipinski definition) is 0. The summed E-state index contributed by atoms with van der Waals surface area (Å²) in [5, 5.41) is 0.926. The van der Waals surface area contributed by atoms with Crippen molar-refractivity contribution in [3.63, 3.8) is 0 Å². The molecule has 70 valence electrons. The van der Waals surface area contributed by atoms with Gasteiger partial charge < -0.3 is 4.74 Å². The van der Waals surface area contributed by atoms with Gasteiger partial charge in [0.15, 0.2) is 0 Å². The van der Waals surface area contributed by atoms with E-state index in [9.17, 15) is 0 Å². The van der Waals surface area contributed by atoms with Crippen LogP contribution in [0.3, 0.4) is 0 Å². The van der Waals surface area contributed by atoms with Crippen LogP contribution in [0.15, 0.2) is 0 Å². The highest BCUT2D eigenvalue weighted by molar-refractivity contribution is 9.12. The molecule has 1 unspecified atom stereocenters. The van der Waals surface area contributed by atoms with E-state index in [1.54, 1.807) is 7.11 Å². The van der Waals surface area contributed by atoms with Gasteiger partial charge in [0.1, 0.15) is 5.60 Å². The summed E-state index contributed by atoms with van der Waals surface area (Å²) in [4.78, 5) is 0.428. The van der Waals surface area contributed by atoms with Crippen LogP contribution < -0.4 is 0 Å². The summed E-state index contributed by atoms with van der Waals surface area (Å²) in [6.07, 6.45) is 0.845. The first kappa shape index (κ1) is 12.5. The van der Waals surface area contributed by atoms with Crippen LogP contribution in [0.5, 0.6) is 0 Å². The predicted molar refractivity (Wildman–Crippen MR) is 60.0 cm³/mol. The zero-order valence-electron chi connectivity index (χ0n) is 7.66. The van der Waals surface area contributed by atoms with Gasteiger partial charge in [0.25, 0.3) is 0 Å². The summed E-state index contributed by atoms with van der Waals surface area (Å²) >= 11 is 6.84. The van der Waals surface area contributed by atoms with Crippen LogP contribution in [-0.2, 0) is 4.74 Å². The van der Waals surface area contributed by atoms with Crippen LogP contribution in [0.1, 0.15) is 20.3 Å². The zero-order valence-corrected chi connectivity index (χ0v) is 10.8. The minimum atomic E-state index is -0.320. The van der Waals surface area contributed by atoms with E-state index < -0.39 is 0 Å². The number of alkyl halides is 2. The molecule has 0 fully saturated rings. The van der Waals surface area contributed by atoms with Crippen LogP contribution in [0.2, 0.25) is 0 Å². The number of halogens is 2. The minimum Gasteiger partial charge on any atom is -0.366 e. The van der Waals surface area contributed by atoms with Crippen LogP contribution in [0.4, 0.5) is 0 Å². The van der Waals surface area contributed by atoms with Gasteiger partial charge in [-0.1, -0.05) is 43.7 Å². The van der Waals surface area contributed by atoms with Gasteiger partial charge in [-0.15, -0.1) is 0 Å². The summed E-state index contributed by atoms with van der Waals surface area (Å²) in [7, 11) is 1.67. The minimum absolute atomic E-state index is 0.320. The molecule has 0 N–H and O–H groups in total. The Kier molecular flexibility index (Phi) is 6.25. The molecule has 0 aliphatic carbocycles. The van der Waals surface area contributed by atoms with E-state index >= 15 is 0 Å². The fourth-order valence-corrected chi connectivity index (χ4v) is 0.871. The Morgan fingerprint density at radius 2 is 2.08 bits per heavy atom. The van der Waals surface area contributed by atoms with Gasteiger partial charge in [0.05, 0.1) is 0 Å². The summed E-state index contributed by atoms with van der Waals surface area (Å²) in [6, 6.07) is 0. The molecule has 0 spiro atoms. The highest BCUT2D eigenvalue weighted by atomic mass is 79.9. The van der Waals surface area contributed by atoms with Gasteiger partial charge in [-0.2, -0.15) is 0 Å². The Bertz CT molecular complexity index is 179. The van der Waals surface area contributed by atoms with Crippen LogP contribution in [0, 0.1) is 11.8 Å². The van der Waals surface area contributed by atoms with E-state index in [4.69, 9.17) is 4.74 Å². The molecule has 0 bridgehead atoms. The van der Waals surface area contributed by atoms with E-state index in [1.165, 1.54) is 0 Å². The average Bonchev–Trinajstić information content (AvgIpc) is 2.04. The third kappa shape index (κ3) is 6.05. The standard InChI is InChI=1S/C9H14Br2O/c1-9(2,12-3)6-4-5-8(11)7-10/h8H,5,7H2,1-3H3. The largest absolute Gasteiger partial charge is 0.366 e. The Morgan fingerprint density at radius 1 is 1.50 bits per heavy atom. The molecule has 0 aromatic rings. The summed E-state index contributed by atoms with van der Waals surface area (Å²) in [6.45, 7) is 3.91. The van der Waals surface area contributed by atoms with Gasteiger partial charge in [0, 0.05) is 23.7 Å². The van der Waals surface area contributed by atoms with Crippen molar-refractivity contribution >= 4 is 31.9 Å². The molecular weight excluding hydrogens is 284 g/mol. The van der Waals surface area contributed by atoms with Crippen molar-refractivity contribution in [3.8, 4) is 11.8 Å². The normalized spacial score (nSPS) is 13.4. The van der Waals surface area contributed by atoms with E-state index in [0.717, 1.165) is 11.8 Å². The maximum absolute atomic E-state index is 5.15. The number of ether oxygens (including phenoxy) is 1. The molecule has 0 aliphatic rings. The van der Waals surface area contributed by atoms with Crippen molar-refractivity contribution < 1.29 is 4.74 Å². The molecule has 0 radical (unpaired) electrons. The molecule has 3 heteroatoms. The van der Waals surface area contributed by atoms with Gasteiger partial charge in [-0.25, -0.2) is 0 Å². The SMILES string of the molecule is COC(C)(C)C#CCC(Br)CBr. The second-order valence-electron chi connectivity index (χ2n) is 2.97. The molecule has 0 aromatic heterocycles. The molecule has 1 nitrogen and oxygen atoms in total. The molecule has 0 heterocycles. The van der Waals surface area contributed by atoms with Gasteiger partial charge >= 0.3 is 0 Å². The Balaban J connectivity index is 3.87. The third-order valence-electron chi connectivity index (χ3n) is 1.39. The quantitative estimate of drug-likeness (QED) is 0.575. The second-order valence-corrected chi connectivity index (χ2v) is 4.91. The zero-order chi connectivity index (χ0) is 9.61. The lowest BCUT2D eigenvalue weighted by Crippen LogP contribution is -2.19. The van der Waals surface area contributed by atoms with E-state index in [0.29, 0.717) is 4.83 Å². The molecule has 12 heavy (non-hydrogen) atoms. The maximum Gasteiger partial charge on any atom is 0.122 e. The number of hydrogen-bond acceptors (Lipinski definition) is 1. The Labute approximate surface area is 91.5 Å². The Hall–Kier alpha value is 0.480. The molecule has 0 aromatic carbocycles. The van der Waals surface area contributed by atoms with Crippen molar-refractivity contribution in [2.45, 2.75) is 30.7 Å². The number of methoxy groups -OCH3 is 1. The average molecular weight is 298 g/mol. The van der Waals surface area contributed by atoms with Crippen LogP contribution in [0.25, 0.3) is 0 Å². The lowest BCUT2D eigenvalue weighted by molar-refractivity contribution is 0.0741. The van der Waals surface area contributed by atoms with Crippen molar-refractivity contribution in [2.75, 3.05) is 12.4 Å². The van der Waals surface area contributed by atoms with Gasteiger partial charge in [-0.3, -0.25) is 0 Å². The fourth-order valence-electron chi connectivity index (χ4n) is 0.480. The lowest BCUT2D eigenvalue weighted by atomic mass is 10.1. The van der Waals surface area contributed by atoms with Crippen molar-refractivity contribution in [3.05, 3.63) is 0 Å². The highest BCUT2D eigenvalue weighted by Gasteiger charge is 2.10.